The molecule has 126 valence electrons. The zero-order valence-corrected chi connectivity index (χ0v) is 12.9. The fourth-order valence-electron chi connectivity index (χ4n) is 2.83. The van der Waals surface area contributed by atoms with E-state index >= 15 is 0 Å². The van der Waals surface area contributed by atoms with Crippen LogP contribution in [0.5, 0.6) is 0 Å². The van der Waals surface area contributed by atoms with Gasteiger partial charge in [0.25, 0.3) is 0 Å². The first-order valence-electron chi connectivity index (χ1n) is 8.00. The average Bonchev–Trinajstić information content (AvgIpc) is 2.58. The van der Waals surface area contributed by atoms with Gasteiger partial charge in [0, 0.05) is 19.6 Å². The monoisotopic (exact) mass is 324 g/mol. The van der Waals surface area contributed by atoms with E-state index < -0.39 is 43.5 Å². The SMILES string of the molecule is [2H][C@H]1O[C@@H](c2ccccc2)O[C@H]2[C@H](O)[C@@H](NC(C)=O)[C@@H](OC)O[C@@H]21. The second-order valence-corrected chi connectivity index (χ2v) is 5.54. The number of hydrogen-bond acceptors (Lipinski definition) is 6. The van der Waals surface area contributed by atoms with Gasteiger partial charge in [-0.1, -0.05) is 30.3 Å². The summed E-state index contributed by atoms with van der Waals surface area (Å²) in [5.74, 6) is -0.322. The number of aliphatic hydroxyl groups excluding tert-OH is 1. The number of nitrogens with one attached hydrogen (secondary N) is 1. The molecule has 2 aliphatic rings. The molecule has 7 heteroatoms. The third-order valence-corrected chi connectivity index (χ3v) is 3.90. The zero-order valence-electron chi connectivity index (χ0n) is 13.9. The molecule has 2 heterocycles. The van der Waals surface area contributed by atoms with Gasteiger partial charge in [-0.15, -0.1) is 0 Å². The van der Waals surface area contributed by atoms with Crippen LogP contribution >= 0.6 is 0 Å². The van der Waals surface area contributed by atoms with Gasteiger partial charge >= 0.3 is 0 Å². The lowest BCUT2D eigenvalue weighted by atomic mass is 9.95. The van der Waals surface area contributed by atoms with E-state index in [0.717, 1.165) is 5.56 Å². The third-order valence-electron chi connectivity index (χ3n) is 3.90. The summed E-state index contributed by atoms with van der Waals surface area (Å²) in [5.41, 5.74) is 0.741. The van der Waals surface area contributed by atoms with Gasteiger partial charge in [-0.2, -0.15) is 0 Å². The summed E-state index contributed by atoms with van der Waals surface area (Å²) in [7, 11) is 1.41. The van der Waals surface area contributed by atoms with Crippen molar-refractivity contribution in [1.29, 1.82) is 0 Å². The molecular formula is C16H21NO6. The predicted molar refractivity (Wildman–Crippen MR) is 79.3 cm³/mol. The molecule has 7 atom stereocenters. The highest BCUT2D eigenvalue weighted by molar-refractivity contribution is 5.73. The van der Waals surface area contributed by atoms with Gasteiger partial charge in [-0.25, -0.2) is 0 Å². The lowest BCUT2D eigenvalue weighted by molar-refractivity contribution is -0.341. The van der Waals surface area contributed by atoms with E-state index in [1.54, 1.807) is 0 Å². The fourth-order valence-corrected chi connectivity index (χ4v) is 2.83. The summed E-state index contributed by atoms with van der Waals surface area (Å²) in [6, 6.07) is 8.37. The molecule has 0 radical (unpaired) electrons. The van der Waals surface area contributed by atoms with Crippen molar-refractivity contribution in [3.05, 3.63) is 35.9 Å². The van der Waals surface area contributed by atoms with Crippen LogP contribution in [-0.2, 0) is 23.7 Å². The van der Waals surface area contributed by atoms with E-state index in [1.807, 2.05) is 30.3 Å². The molecular weight excluding hydrogens is 302 g/mol. The van der Waals surface area contributed by atoms with Gasteiger partial charge in [0.15, 0.2) is 12.6 Å². The molecule has 1 aromatic carbocycles. The average molecular weight is 324 g/mol. The second-order valence-electron chi connectivity index (χ2n) is 5.54. The number of rotatable bonds is 3. The minimum absolute atomic E-state index is 0.322. The van der Waals surface area contributed by atoms with Gasteiger partial charge < -0.3 is 29.4 Å². The van der Waals surface area contributed by atoms with Crippen LogP contribution in [-0.4, -0.2) is 55.4 Å². The van der Waals surface area contributed by atoms with E-state index in [-0.39, 0.29) is 5.91 Å². The lowest BCUT2D eigenvalue weighted by Gasteiger charge is -2.47. The van der Waals surface area contributed by atoms with Crippen LogP contribution in [0.2, 0.25) is 0 Å². The van der Waals surface area contributed by atoms with Crippen LogP contribution < -0.4 is 5.32 Å². The number of methoxy groups -OCH3 is 1. The molecule has 0 aromatic heterocycles. The standard InChI is InChI=1S/C16H21NO6/c1-9(18)17-12-13(19)14-11(22-16(12)20-2)8-21-15(23-14)10-6-4-3-5-7-10/h3-7,11-16,19H,8H2,1-2H3,(H,17,18)/t11-,12-,13-,14-,15-,16+/m1/s1/i8D/t8-,11-,12-,13-,14-,15-,16+. The number of hydrogen-bond donors (Lipinski definition) is 2. The Kier molecular flexibility index (Phi) is 4.54. The molecule has 7 nitrogen and oxygen atoms in total. The summed E-state index contributed by atoms with van der Waals surface area (Å²) in [6.45, 7) is 0.288. The Hall–Kier alpha value is -1.51. The van der Waals surface area contributed by atoms with Crippen LogP contribution in [0.15, 0.2) is 30.3 Å². The number of carbonyl (C=O) groups excluding carboxylic acids is 1. The largest absolute Gasteiger partial charge is 0.388 e. The number of fused-ring (bicyclic) bond motifs is 1. The fraction of sp³-hybridized carbons (Fsp3) is 0.562. The first kappa shape index (κ1) is 15.0. The minimum atomic E-state index is -1.10. The Morgan fingerprint density at radius 2 is 2.13 bits per heavy atom. The maximum Gasteiger partial charge on any atom is 0.217 e. The molecule has 0 saturated carbocycles. The van der Waals surface area contributed by atoms with Gasteiger partial charge in [0.1, 0.15) is 24.4 Å². The summed E-state index contributed by atoms with van der Waals surface area (Å²) < 4.78 is 30.4. The minimum Gasteiger partial charge on any atom is -0.388 e. The third kappa shape index (κ3) is 3.39. The highest BCUT2D eigenvalue weighted by Crippen LogP contribution is 2.34. The topological polar surface area (TPSA) is 86.2 Å². The molecule has 1 aromatic rings. The molecule has 2 fully saturated rings. The van der Waals surface area contributed by atoms with Crippen molar-refractivity contribution < 1.29 is 30.2 Å². The lowest BCUT2D eigenvalue weighted by Crippen LogP contribution is -2.66. The molecule has 23 heavy (non-hydrogen) atoms. The number of aliphatic hydroxyl groups is 1. The van der Waals surface area contributed by atoms with E-state index in [2.05, 4.69) is 5.32 Å². The van der Waals surface area contributed by atoms with Crippen molar-refractivity contribution in [1.82, 2.24) is 5.32 Å². The van der Waals surface area contributed by atoms with Crippen molar-refractivity contribution in [2.75, 3.05) is 13.7 Å². The molecule has 2 saturated heterocycles. The smallest absolute Gasteiger partial charge is 0.217 e. The van der Waals surface area contributed by atoms with E-state index in [9.17, 15) is 9.90 Å². The van der Waals surface area contributed by atoms with Crippen LogP contribution in [0.25, 0.3) is 0 Å². The van der Waals surface area contributed by atoms with Crippen molar-refractivity contribution in [3.8, 4) is 0 Å². The number of carbonyl (C=O) groups is 1. The quantitative estimate of drug-likeness (QED) is 0.834. The normalized spacial score (nSPS) is 40.8. The molecule has 0 aliphatic carbocycles. The zero-order chi connectivity index (χ0) is 17.3. The summed E-state index contributed by atoms with van der Waals surface area (Å²) in [6.07, 6.45) is -4.42. The van der Waals surface area contributed by atoms with Crippen molar-refractivity contribution in [2.45, 2.75) is 43.9 Å². The molecule has 3 rings (SSSR count). The number of benzene rings is 1. The molecule has 0 spiro atoms. The molecule has 2 aliphatic heterocycles. The van der Waals surface area contributed by atoms with Crippen molar-refractivity contribution in [3.63, 3.8) is 0 Å². The van der Waals surface area contributed by atoms with E-state index in [0.29, 0.717) is 0 Å². The van der Waals surface area contributed by atoms with Gasteiger partial charge in [0.05, 0.1) is 7.95 Å². The van der Waals surface area contributed by atoms with Gasteiger partial charge in [0.2, 0.25) is 5.91 Å². The van der Waals surface area contributed by atoms with E-state index in [1.165, 1.54) is 14.0 Å². The second kappa shape index (κ2) is 6.94. The van der Waals surface area contributed by atoms with Crippen molar-refractivity contribution >= 4 is 5.91 Å². The molecule has 1 amide bonds. The summed E-state index contributed by atoms with van der Waals surface area (Å²) >= 11 is 0. The van der Waals surface area contributed by atoms with Crippen LogP contribution in [0.3, 0.4) is 0 Å². The van der Waals surface area contributed by atoms with Gasteiger partial charge in [-0.3, -0.25) is 4.79 Å². The van der Waals surface area contributed by atoms with Crippen LogP contribution in [0, 0.1) is 0 Å². The maximum absolute atomic E-state index is 11.4. The first-order chi connectivity index (χ1) is 11.5. The highest BCUT2D eigenvalue weighted by atomic mass is 16.7. The number of ether oxygens (including phenoxy) is 4. The summed E-state index contributed by atoms with van der Waals surface area (Å²) in [4.78, 5) is 11.4. The van der Waals surface area contributed by atoms with Gasteiger partial charge in [-0.05, 0) is 0 Å². The van der Waals surface area contributed by atoms with Crippen LogP contribution in [0.1, 0.15) is 20.1 Å². The Bertz CT molecular complexity index is 573. The Labute approximate surface area is 135 Å². The van der Waals surface area contributed by atoms with Crippen molar-refractivity contribution in [2.24, 2.45) is 0 Å². The highest BCUT2D eigenvalue weighted by Gasteiger charge is 2.49. The Morgan fingerprint density at radius 3 is 2.78 bits per heavy atom. The molecule has 0 bridgehead atoms. The van der Waals surface area contributed by atoms with Crippen LogP contribution in [0.4, 0.5) is 0 Å². The van der Waals surface area contributed by atoms with E-state index in [4.69, 9.17) is 20.3 Å². The first-order valence-corrected chi connectivity index (χ1v) is 7.43. The molecule has 0 unspecified atom stereocenters. The Morgan fingerprint density at radius 1 is 1.39 bits per heavy atom. The molecule has 2 N–H and O–H groups in total. The maximum atomic E-state index is 11.4. The summed E-state index contributed by atoms with van der Waals surface area (Å²) in [5, 5.41) is 13.3. The number of amides is 1. The predicted octanol–water partition coefficient (Wildman–Crippen LogP) is 0.337. The Balaban J connectivity index is 1.82.